The molecule has 1 fully saturated rings. The van der Waals surface area contributed by atoms with Crippen LogP contribution < -0.4 is 5.56 Å². The Kier molecular flexibility index (Phi) is 4.05. The molecule has 0 atom stereocenters. The van der Waals surface area contributed by atoms with Gasteiger partial charge in [0.05, 0.1) is 11.9 Å². The molecule has 0 spiro atoms. The van der Waals surface area contributed by atoms with Crippen molar-refractivity contribution in [1.29, 1.82) is 0 Å². The summed E-state index contributed by atoms with van der Waals surface area (Å²) in [4.78, 5) is 11.7. The van der Waals surface area contributed by atoms with E-state index >= 15 is 0 Å². The molecule has 0 unspecified atom stereocenters. The molecule has 1 aromatic heterocycles. The largest absolute Gasteiger partial charge is 0.268 e. The summed E-state index contributed by atoms with van der Waals surface area (Å²) in [7, 11) is -3.09. The van der Waals surface area contributed by atoms with Crippen molar-refractivity contribution in [3.8, 4) is 0 Å². The van der Waals surface area contributed by atoms with Crippen LogP contribution >= 0.6 is 0 Å². The maximum absolute atomic E-state index is 11.7. The van der Waals surface area contributed by atoms with Crippen LogP contribution in [0, 0.1) is 12.8 Å². The number of piperidine rings is 1. The lowest BCUT2D eigenvalue weighted by molar-refractivity contribution is 0.245. The molecule has 6 nitrogen and oxygen atoms in total. The fourth-order valence-electron chi connectivity index (χ4n) is 2.35. The molecule has 7 heteroatoms. The molecule has 0 aliphatic carbocycles. The van der Waals surface area contributed by atoms with Gasteiger partial charge < -0.3 is 0 Å². The average Bonchev–Trinajstić information content (AvgIpc) is 2.33. The summed E-state index contributed by atoms with van der Waals surface area (Å²) in [5.41, 5.74) is 0.712. The minimum absolute atomic E-state index is 0.101. The van der Waals surface area contributed by atoms with Gasteiger partial charge in [0.2, 0.25) is 10.0 Å². The van der Waals surface area contributed by atoms with E-state index in [0.717, 1.165) is 18.5 Å². The SMILES string of the molecule is Cc1ccc(=O)n(CC2CCN(S(C)(=O)=O)CC2)n1. The van der Waals surface area contributed by atoms with E-state index in [9.17, 15) is 13.2 Å². The number of rotatable bonds is 3. The maximum atomic E-state index is 11.7. The fraction of sp³-hybridized carbons (Fsp3) is 0.667. The van der Waals surface area contributed by atoms with Gasteiger partial charge >= 0.3 is 0 Å². The van der Waals surface area contributed by atoms with Gasteiger partial charge in [0.15, 0.2) is 0 Å². The van der Waals surface area contributed by atoms with Crippen molar-refractivity contribution in [1.82, 2.24) is 14.1 Å². The Morgan fingerprint density at radius 1 is 1.32 bits per heavy atom. The standard InChI is InChI=1S/C12H19N3O3S/c1-10-3-4-12(16)15(13-10)9-11-5-7-14(8-6-11)19(2,17)18/h3-4,11H,5-9H2,1-2H3. The number of nitrogens with zero attached hydrogens (tertiary/aromatic N) is 3. The number of aryl methyl sites for hydroxylation is 1. The van der Waals surface area contributed by atoms with Crippen LogP contribution in [-0.2, 0) is 16.6 Å². The normalized spacial score (nSPS) is 18.6. The van der Waals surface area contributed by atoms with E-state index in [-0.39, 0.29) is 5.56 Å². The molecule has 0 amide bonds. The maximum Gasteiger partial charge on any atom is 0.266 e. The average molecular weight is 285 g/mol. The molecule has 1 aromatic rings. The molecule has 0 radical (unpaired) electrons. The first kappa shape index (κ1) is 14.2. The summed E-state index contributed by atoms with van der Waals surface area (Å²) in [6.07, 6.45) is 2.78. The fourth-order valence-corrected chi connectivity index (χ4v) is 3.22. The minimum Gasteiger partial charge on any atom is -0.268 e. The second-order valence-corrected chi connectivity index (χ2v) is 7.08. The highest BCUT2D eigenvalue weighted by molar-refractivity contribution is 7.88. The van der Waals surface area contributed by atoms with Crippen LogP contribution in [0.1, 0.15) is 18.5 Å². The van der Waals surface area contributed by atoms with Gasteiger partial charge in [-0.3, -0.25) is 4.79 Å². The van der Waals surface area contributed by atoms with E-state index in [1.54, 1.807) is 6.07 Å². The molecule has 2 rings (SSSR count). The molecular weight excluding hydrogens is 266 g/mol. The van der Waals surface area contributed by atoms with E-state index in [1.165, 1.54) is 21.3 Å². The molecule has 1 aliphatic heterocycles. The highest BCUT2D eigenvalue weighted by Crippen LogP contribution is 2.19. The van der Waals surface area contributed by atoms with Gasteiger partial charge in [-0.2, -0.15) is 5.10 Å². The van der Waals surface area contributed by atoms with Crippen LogP contribution in [-0.4, -0.2) is 41.8 Å². The Morgan fingerprint density at radius 2 is 1.95 bits per heavy atom. The van der Waals surface area contributed by atoms with E-state index in [2.05, 4.69) is 5.10 Å². The van der Waals surface area contributed by atoms with Crippen LogP contribution in [0.3, 0.4) is 0 Å². The van der Waals surface area contributed by atoms with Crippen molar-refractivity contribution >= 4 is 10.0 Å². The molecule has 19 heavy (non-hydrogen) atoms. The molecule has 0 aromatic carbocycles. The van der Waals surface area contributed by atoms with E-state index in [0.29, 0.717) is 25.6 Å². The quantitative estimate of drug-likeness (QED) is 0.796. The van der Waals surface area contributed by atoms with Crippen molar-refractivity contribution in [2.24, 2.45) is 5.92 Å². The first-order valence-corrected chi connectivity index (χ1v) is 8.21. The molecule has 2 heterocycles. The van der Waals surface area contributed by atoms with Gasteiger partial charge in [-0.25, -0.2) is 17.4 Å². The zero-order valence-electron chi connectivity index (χ0n) is 11.2. The number of hydrogen-bond acceptors (Lipinski definition) is 4. The van der Waals surface area contributed by atoms with Gasteiger partial charge in [-0.05, 0) is 31.7 Å². The monoisotopic (exact) mass is 285 g/mol. The molecule has 1 aliphatic rings. The summed E-state index contributed by atoms with van der Waals surface area (Å²) in [5.74, 6) is 0.310. The Hall–Kier alpha value is -1.21. The lowest BCUT2D eigenvalue weighted by Gasteiger charge is -2.30. The second-order valence-electron chi connectivity index (χ2n) is 5.10. The first-order valence-electron chi connectivity index (χ1n) is 6.36. The molecule has 106 valence electrons. The van der Waals surface area contributed by atoms with Crippen molar-refractivity contribution in [3.05, 3.63) is 28.2 Å². The Morgan fingerprint density at radius 3 is 2.53 bits per heavy atom. The second kappa shape index (κ2) is 5.42. The molecule has 0 N–H and O–H groups in total. The molecule has 0 bridgehead atoms. The van der Waals surface area contributed by atoms with E-state index in [1.807, 2.05) is 6.92 Å². The van der Waals surface area contributed by atoms with Gasteiger partial charge in [0.25, 0.3) is 5.56 Å². The van der Waals surface area contributed by atoms with E-state index < -0.39 is 10.0 Å². The number of sulfonamides is 1. The highest BCUT2D eigenvalue weighted by atomic mass is 32.2. The van der Waals surface area contributed by atoms with Crippen molar-refractivity contribution < 1.29 is 8.42 Å². The Labute approximate surface area is 113 Å². The van der Waals surface area contributed by atoms with Gasteiger partial charge in [0, 0.05) is 25.7 Å². The number of hydrogen-bond donors (Lipinski definition) is 0. The molecular formula is C12H19N3O3S. The zero-order valence-corrected chi connectivity index (χ0v) is 12.1. The predicted molar refractivity (Wildman–Crippen MR) is 72.4 cm³/mol. The zero-order chi connectivity index (χ0) is 14.0. The topological polar surface area (TPSA) is 72.3 Å². The summed E-state index contributed by atoms with van der Waals surface area (Å²) in [6, 6.07) is 3.22. The summed E-state index contributed by atoms with van der Waals surface area (Å²) < 4.78 is 25.8. The lowest BCUT2D eigenvalue weighted by Crippen LogP contribution is -2.39. The number of aromatic nitrogens is 2. The molecule has 1 saturated heterocycles. The Balaban J connectivity index is 2.00. The first-order chi connectivity index (χ1) is 8.86. The van der Waals surface area contributed by atoms with Crippen molar-refractivity contribution in [2.45, 2.75) is 26.3 Å². The third kappa shape index (κ3) is 3.63. The van der Waals surface area contributed by atoms with Gasteiger partial charge in [-0.1, -0.05) is 0 Å². The van der Waals surface area contributed by atoms with Crippen LogP contribution in [0.15, 0.2) is 16.9 Å². The smallest absolute Gasteiger partial charge is 0.266 e. The predicted octanol–water partition coefficient (Wildman–Crippen LogP) is 0.223. The van der Waals surface area contributed by atoms with Crippen LogP contribution in [0.25, 0.3) is 0 Å². The summed E-state index contributed by atoms with van der Waals surface area (Å²) >= 11 is 0. The van der Waals surface area contributed by atoms with Crippen LogP contribution in [0.5, 0.6) is 0 Å². The lowest BCUT2D eigenvalue weighted by atomic mass is 9.98. The minimum atomic E-state index is -3.09. The third-order valence-electron chi connectivity index (χ3n) is 3.47. The van der Waals surface area contributed by atoms with Crippen molar-refractivity contribution in [3.63, 3.8) is 0 Å². The van der Waals surface area contributed by atoms with Gasteiger partial charge in [0.1, 0.15) is 0 Å². The third-order valence-corrected chi connectivity index (χ3v) is 4.78. The van der Waals surface area contributed by atoms with Crippen LogP contribution in [0.2, 0.25) is 0 Å². The Bertz CT molecular complexity index is 601. The molecule has 0 saturated carbocycles. The van der Waals surface area contributed by atoms with Crippen LogP contribution in [0.4, 0.5) is 0 Å². The van der Waals surface area contributed by atoms with Gasteiger partial charge in [-0.15, -0.1) is 0 Å². The summed E-state index contributed by atoms with van der Waals surface area (Å²) in [5, 5.41) is 4.21. The van der Waals surface area contributed by atoms with E-state index in [4.69, 9.17) is 0 Å². The summed E-state index contributed by atoms with van der Waals surface area (Å²) in [6.45, 7) is 3.48. The highest BCUT2D eigenvalue weighted by Gasteiger charge is 2.25. The van der Waals surface area contributed by atoms with Crippen molar-refractivity contribution in [2.75, 3.05) is 19.3 Å².